The van der Waals surface area contributed by atoms with Crippen molar-refractivity contribution in [2.45, 2.75) is 51.7 Å². The molecule has 0 spiro atoms. The van der Waals surface area contributed by atoms with Crippen molar-refractivity contribution in [3.05, 3.63) is 88.8 Å². The summed E-state index contributed by atoms with van der Waals surface area (Å²) in [5.41, 5.74) is 3.21. The fourth-order valence-electron chi connectivity index (χ4n) is 7.62. The monoisotopic (exact) mass is 742 g/mol. The van der Waals surface area contributed by atoms with Crippen molar-refractivity contribution < 1.29 is 28.7 Å². The molecule has 4 amide bonds. The summed E-state index contributed by atoms with van der Waals surface area (Å²) in [6, 6.07) is 13.8. The number of rotatable bonds is 13. The van der Waals surface area contributed by atoms with E-state index >= 15 is 0 Å². The lowest BCUT2D eigenvalue weighted by molar-refractivity contribution is -0.140. The van der Waals surface area contributed by atoms with E-state index in [0.717, 1.165) is 28.5 Å². The Hall–Kier alpha value is -5.10. The highest BCUT2D eigenvalue weighted by atomic mass is 35.5. The summed E-state index contributed by atoms with van der Waals surface area (Å²) in [5.74, 6) is -0.895. The van der Waals surface area contributed by atoms with E-state index in [0.29, 0.717) is 54.6 Å². The van der Waals surface area contributed by atoms with Crippen molar-refractivity contribution >= 4 is 46.1 Å². The second-order valence-electron chi connectivity index (χ2n) is 14.2. The van der Waals surface area contributed by atoms with Gasteiger partial charge in [0.15, 0.2) is 11.5 Å². The number of halogens is 1. The number of nitrogens with one attached hydrogen (secondary N) is 3. The molecule has 2 aliphatic rings. The highest BCUT2D eigenvalue weighted by Gasteiger charge is 2.48. The summed E-state index contributed by atoms with van der Waals surface area (Å²) in [6.45, 7) is 5.13. The van der Waals surface area contributed by atoms with Gasteiger partial charge in [-0.05, 0) is 98.5 Å². The lowest BCUT2D eigenvalue weighted by atomic mass is 9.79. The van der Waals surface area contributed by atoms with Crippen LogP contribution in [0.5, 0.6) is 11.5 Å². The van der Waals surface area contributed by atoms with Gasteiger partial charge >= 0.3 is 0 Å². The molecule has 13 heteroatoms. The number of hydrogen-bond donors (Lipinski definition) is 3. The zero-order chi connectivity index (χ0) is 37.6. The molecule has 6 rings (SSSR count). The van der Waals surface area contributed by atoms with Crippen LogP contribution in [0.1, 0.15) is 48.2 Å². The zero-order valence-electron chi connectivity index (χ0n) is 30.6. The maximum atomic E-state index is 14.3. The van der Waals surface area contributed by atoms with Gasteiger partial charge in [-0.2, -0.15) is 0 Å². The number of H-pyrrole nitrogens is 1. The molecule has 0 bridgehead atoms. The number of carbonyl (C=O) groups is 4. The number of amides is 4. The maximum Gasteiger partial charge on any atom is 0.254 e. The van der Waals surface area contributed by atoms with Crippen LogP contribution in [0.4, 0.5) is 0 Å². The Morgan fingerprint density at radius 3 is 2.49 bits per heavy atom. The first-order valence-corrected chi connectivity index (χ1v) is 18.5. The number of pyridine rings is 1. The zero-order valence-corrected chi connectivity index (χ0v) is 31.3. The molecule has 2 aromatic carbocycles. The lowest BCUT2D eigenvalue weighted by Gasteiger charge is -2.40. The molecule has 0 saturated carbocycles. The molecular formula is C40H47ClN6O6. The number of likely N-dealkylation sites (tertiary alicyclic amines) is 2. The van der Waals surface area contributed by atoms with E-state index in [4.69, 9.17) is 21.1 Å². The van der Waals surface area contributed by atoms with Gasteiger partial charge in [-0.25, -0.2) is 0 Å². The van der Waals surface area contributed by atoms with Crippen molar-refractivity contribution in [1.82, 2.24) is 30.4 Å². The van der Waals surface area contributed by atoms with Crippen LogP contribution in [0.3, 0.4) is 0 Å². The van der Waals surface area contributed by atoms with Crippen molar-refractivity contribution in [3.8, 4) is 11.5 Å². The number of likely N-dealkylation sites (N-methyl/N-ethyl adjacent to an activating group) is 1. The third-order valence-electron chi connectivity index (χ3n) is 10.3. The summed E-state index contributed by atoms with van der Waals surface area (Å²) in [5, 5.41) is 7.22. The summed E-state index contributed by atoms with van der Waals surface area (Å²) < 4.78 is 11.4. The number of aromatic amines is 1. The van der Waals surface area contributed by atoms with Gasteiger partial charge in [-0.3, -0.25) is 24.2 Å². The predicted octanol–water partition coefficient (Wildman–Crippen LogP) is 4.66. The first-order chi connectivity index (χ1) is 25.5. The molecule has 4 aromatic rings. The summed E-state index contributed by atoms with van der Waals surface area (Å²) in [6.07, 6.45) is 7.19. The van der Waals surface area contributed by atoms with Crippen LogP contribution < -0.4 is 20.1 Å². The molecule has 2 fully saturated rings. The summed E-state index contributed by atoms with van der Waals surface area (Å²) >= 11 is 6.19. The molecule has 3 unspecified atom stereocenters. The Balaban J connectivity index is 1.22. The number of aryl methyl sites for hydroxylation is 1. The van der Waals surface area contributed by atoms with Crippen LogP contribution in [-0.2, 0) is 27.2 Å². The standard InChI is InChI=1S/C40H47ClN6O6/c1-24(2)53-35-11-8-26(16-36(35)52-4)40(51)47-21-28-20-46(37(48)17-27-19-44-34-18-29(41)9-10-30(27)34)23-32(31(28)22-47)38(49)45-33(39(50)42-3)7-5-6-25-12-14-43-15-13-25/h8-16,18-19,24,28,31-33,44H,5-7,17,20-23H2,1-4H3,(H,42,50)(H,45,49)/t28?,31?,32?,33-/m0/s1. The van der Waals surface area contributed by atoms with E-state index in [9.17, 15) is 19.2 Å². The Kier molecular flexibility index (Phi) is 11.9. The van der Waals surface area contributed by atoms with E-state index in [1.165, 1.54) is 7.11 Å². The normalized spacial score (nSPS) is 18.8. The Morgan fingerprint density at radius 2 is 1.75 bits per heavy atom. The van der Waals surface area contributed by atoms with E-state index < -0.39 is 12.0 Å². The molecule has 4 heterocycles. The molecular weight excluding hydrogens is 696 g/mol. The van der Waals surface area contributed by atoms with E-state index in [2.05, 4.69) is 20.6 Å². The number of methoxy groups -OCH3 is 1. The third kappa shape index (κ3) is 8.76. The quantitative estimate of drug-likeness (QED) is 0.181. The molecule has 3 N–H and O–H groups in total. The van der Waals surface area contributed by atoms with Gasteiger partial charge in [0, 0.05) is 73.3 Å². The van der Waals surface area contributed by atoms with Crippen LogP contribution in [0.25, 0.3) is 10.9 Å². The molecule has 0 radical (unpaired) electrons. The second-order valence-corrected chi connectivity index (χ2v) is 14.6. The van der Waals surface area contributed by atoms with Gasteiger partial charge < -0.3 is 34.9 Å². The van der Waals surface area contributed by atoms with Crippen molar-refractivity contribution in [1.29, 1.82) is 0 Å². The average Bonchev–Trinajstić information content (AvgIpc) is 3.77. The van der Waals surface area contributed by atoms with Crippen LogP contribution in [0, 0.1) is 17.8 Å². The smallest absolute Gasteiger partial charge is 0.254 e. The van der Waals surface area contributed by atoms with E-state index in [1.807, 2.05) is 44.3 Å². The summed E-state index contributed by atoms with van der Waals surface area (Å²) in [4.78, 5) is 66.0. The highest BCUT2D eigenvalue weighted by molar-refractivity contribution is 6.31. The van der Waals surface area contributed by atoms with Gasteiger partial charge in [0.05, 0.1) is 25.6 Å². The first kappa shape index (κ1) is 37.7. The number of nitrogens with zero attached hydrogens (tertiary/aromatic N) is 3. The van der Waals surface area contributed by atoms with Crippen LogP contribution in [0.15, 0.2) is 67.1 Å². The summed E-state index contributed by atoms with van der Waals surface area (Å²) in [7, 11) is 3.09. The van der Waals surface area contributed by atoms with E-state index in [1.54, 1.807) is 53.5 Å². The fraction of sp³-hybridized carbons (Fsp3) is 0.425. The maximum absolute atomic E-state index is 14.3. The lowest BCUT2D eigenvalue weighted by Crippen LogP contribution is -2.56. The minimum atomic E-state index is -0.755. The van der Waals surface area contributed by atoms with Crippen LogP contribution >= 0.6 is 11.6 Å². The van der Waals surface area contributed by atoms with Gasteiger partial charge in [-0.1, -0.05) is 17.7 Å². The molecule has 2 saturated heterocycles. The number of ether oxygens (including phenoxy) is 2. The van der Waals surface area contributed by atoms with Gasteiger partial charge in [-0.15, -0.1) is 0 Å². The fourth-order valence-corrected chi connectivity index (χ4v) is 7.79. The van der Waals surface area contributed by atoms with Crippen LogP contribution in [-0.4, -0.2) is 95.9 Å². The second kappa shape index (κ2) is 16.7. The Morgan fingerprint density at radius 1 is 0.981 bits per heavy atom. The Bertz CT molecular complexity index is 1950. The number of carbonyl (C=O) groups excluding carboxylic acids is 4. The predicted molar refractivity (Wildman–Crippen MR) is 202 cm³/mol. The molecule has 2 aliphatic heterocycles. The topological polar surface area (TPSA) is 146 Å². The Labute approximate surface area is 314 Å². The van der Waals surface area contributed by atoms with Crippen molar-refractivity contribution in [3.63, 3.8) is 0 Å². The minimum Gasteiger partial charge on any atom is -0.493 e. The van der Waals surface area contributed by atoms with Gasteiger partial charge in [0.2, 0.25) is 17.7 Å². The number of aromatic nitrogens is 2. The van der Waals surface area contributed by atoms with Crippen molar-refractivity contribution in [2.24, 2.45) is 17.8 Å². The third-order valence-corrected chi connectivity index (χ3v) is 10.5. The van der Waals surface area contributed by atoms with Gasteiger partial charge in [0.25, 0.3) is 5.91 Å². The highest BCUT2D eigenvalue weighted by Crippen LogP contribution is 2.38. The number of hydrogen-bond acceptors (Lipinski definition) is 7. The SMILES string of the molecule is CNC(=O)[C@H](CCCc1ccncc1)NC(=O)C1CN(C(=O)Cc2c[nH]c3cc(Cl)ccc23)CC2CN(C(=O)c3ccc(OC(C)C)c(OC)c3)CC21. The number of fused-ring (bicyclic) bond motifs is 2. The van der Waals surface area contributed by atoms with Gasteiger partial charge in [0.1, 0.15) is 6.04 Å². The van der Waals surface area contributed by atoms with E-state index in [-0.39, 0.29) is 54.5 Å². The number of piperidine rings is 1. The molecule has 280 valence electrons. The molecule has 12 nitrogen and oxygen atoms in total. The minimum absolute atomic E-state index is 0.0697. The number of benzene rings is 2. The molecule has 2 aromatic heterocycles. The molecule has 0 aliphatic carbocycles. The molecule has 4 atom stereocenters. The first-order valence-electron chi connectivity index (χ1n) is 18.1. The average molecular weight is 743 g/mol. The molecule has 53 heavy (non-hydrogen) atoms. The van der Waals surface area contributed by atoms with Crippen molar-refractivity contribution in [2.75, 3.05) is 40.3 Å². The largest absolute Gasteiger partial charge is 0.493 e. The van der Waals surface area contributed by atoms with Crippen LogP contribution in [0.2, 0.25) is 5.02 Å².